The minimum absolute atomic E-state index is 0.156. The highest BCUT2D eigenvalue weighted by atomic mass is 32.2. The van der Waals surface area contributed by atoms with E-state index in [9.17, 15) is 18.0 Å². The smallest absolute Gasteiger partial charge is 0.257 e. The van der Waals surface area contributed by atoms with Crippen LogP contribution in [0.3, 0.4) is 0 Å². The zero-order valence-electron chi connectivity index (χ0n) is 19.1. The Balaban J connectivity index is 1.29. The summed E-state index contributed by atoms with van der Waals surface area (Å²) in [5.41, 5.74) is 2.14. The molecule has 1 aliphatic rings. The highest BCUT2D eigenvalue weighted by Crippen LogP contribution is 2.26. The molecule has 0 aliphatic carbocycles. The Labute approximate surface area is 212 Å². The molecule has 184 valence electrons. The molecule has 1 aromatic heterocycles. The minimum atomic E-state index is -3.55. The van der Waals surface area contributed by atoms with Gasteiger partial charge >= 0.3 is 0 Å². The van der Waals surface area contributed by atoms with Crippen LogP contribution in [0.5, 0.6) is 0 Å². The van der Waals surface area contributed by atoms with Gasteiger partial charge in [0.05, 0.1) is 10.6 Å². The molecule has 1 saturated heterocycles. The first-order valence-corrected chi connectivity index (χ1v) is 14.3. The van der Waals surface area contributed by atoms with Gasteiger partial charge in [0.2, 0.25) is 21.1 Å². The second-order valence-corrected chi connectivity index (χ2v) is 12.2. The van der Waals surface area contributed by atoms with Gasteiger partial charge in [-0.1, -0.05) is 47.2 Å². The molecule has 12 heteroatoms. The van der Waals surface area contributed by atoms with Crippen LogP contribution >= 0.6 is 23.1 Å². The van der Waals surface area contributed by atoms with E-state index in [1.165, 1.54) is 40.3 Å². The molecule has 0 radical (unpaired) electrons. The summed E-state index contributed by atoms with van der Waals surface area (Å²) in [5, 5.41) is 13.7. The van der Waals surface area contributed by atoms with Gasteiger partial charge in [-0.2, -0.15) is 4.31 Å². The second-order valence-electron chi connectivity index (χ2n) is 8.02. The van der Waals surface area contributed by atoms with Crippen molar-refractivity contribution < 1.29 is 18.0 Å². The van der Waals surface area contributed by atoms with Crippen molar-refractivity contribution in [3.63, 3.8) is 0 Å². The SMILES string of the molecule is Cc1ccc(NC(=O)CSc2nnc(NC(=O)c3ccc(S(=O)(=O)N4CCCCC4)cc3)s2)cc1. The van der Waals surface area contributed by atoms with E-state index in [1.54, 1.807) is 0 Å². The molecule has 2 amide bonds. The van der Waals surface area contributed by atoms with Crippen molar-refractivity contribution in [2.45, 2.75) is 35.4 Å². The lowest BCUT2D eigenvalue weighted by molar-refractivity contribution is -0.113. The lowest BCUT2D eigenvalue weighted by Crippen LogP contribution is -2.35. The highest BCUT2D eigenvalue weighted by Gasteiger charge is 2.26. The Hall–Kier alpha value is -2.80. The van der Waals surface area contributed by atoms with Crippen LogP contribution in [0.15, 0.2) is 57.8 Å². The summed E-state index contributed by atoms with van der Waals surface area (Å²) >= 11 is 2.38. The molecular formula is C23H25N5O4S3. The van der Waals surface area contributed by atoms with E-state index in [4.69, 9.17) is 0 Å². The monoisotopic (exact) mass is 531 g/mol. The van der Waals surface area contributed by atoms with Gasteiger partial charge in [-0.05, 0) is 56.2 Å². The summed E-state index contributed by atoms with van der Waals surface area (Å²) in [4.78, 5) is 24.9. The summed E-state index contributed by atoms with van der Waals surface area (Å²) in [6.45, 7) is 3.02. The molecule has 2 aromatic carbocycles. The predicted octanol–water partition coefficient (Wildman–Crippen LogP) is 4.00. The van der Waals surface area contributed by atoms with Crippen LogP contribution in [-0.4, -0.2) is 53.6 Å². The molecule has 9 nitrogen and oxygen atoms in total. The Morgan fingerprint density at radius 1 is 0.971 bits per heavy atom. The molecule has 0 saturated carbocycles. The van der Waals surface area contributed by atoms with Gasteiger partial charge < -0.3 is 5.32 Å². The number of sulfonamides is 1. The lowest BCUT2D eigenvalue weighted by atomic mass is 10.2. The molecule has 4 rings (SSSR count). The molecule has 1 fully saturated rings. The quantitative estimate of drug-likeness (QED) is 0.333. The number of piperidine rings is 1. The molecule has 1 aliphatic heterocycles. The van der Waals surface area contributed by atoms with E-state index in [2.05, 4.69) is 20.8 Å². The van der Waals surface area contributed by atoms with Crippen LogP contribution in [0.4, 0.5) is 10.8 Å². The molecule has 0 bridgehead atoms. The Morgan fingerprint density at radius 3 is 2.34 bits per heavy atom. The van der Waals surface area contributed by atoms with Crippen LogP contribution in [0, 0.1) is 6.92 Å². The number of hydrogen-bond acceptors (Lipinski definition) is 8. The number of anilines is 2. The number of carbonyl (C=O) groups excluding carboxylic acids is 2. The number of carbonyl (C=O) groups is 2. The van der Waals surface area contributed by atoms with Crippen molar-refractivity contribution in [3.05, 3.63) is 59.7 Å². The first-order valence-electron chi connectivity index (χ1n) is 11.1. The largest absolute Gasteiger partial charge is 0.325 e. The molecule has 0 atom stereocenters. The fourth-order valence-electron chi connectivity index (χ4n) is 3.48. The zero-order chi connectivity index (χ0) is 24.8. The number of aryl methyl sites for hydroxylation is 1. The maximum absolute atomic E-state index is 12.8. The predicted molar refractivity (Wildman–Crippen MR) is 137 cm³/mol. The van der Waals surface area contributed by atoms with Crippen molar-refractivity contribution in [2.75, 3.05) is 29.5 Å². The highest BCUT2D eigenvalue weighted by molar-refractivity contribution is 8.01. The van der Waals surface area contributed by atoms with Gasteiger partial charge in [0, 0.05) is 24.3 Å². The Bertz CT molecular complexity index is 1290. The summed E-state index contributed by atoms with van der Waals surface area (Å²) in [7, 11) is -3.55. The Kier molecular flexibility index (Phi) is 8.16. The zero-order valence-corrected chi connectivity index (χ0v) is 21.5. The second kappa shape index (κ2) is 11.3. The van der Waals surface area contributed by atoms with E-state index < -0.39 is 15.9 Å². The molecule has 2 heterocycles. The maximum Gasteiger partial charge on any atom is 0.257 e. The summed E-state index contributed by atoms with van der Waals surface area (Å²) < 4.78 is 27.6. The number of nitrogens with zero attached hydrogens (tertiary/aromatic N) is 3. The third kappa shape index (κ3) is 6.66. The van der Waals surface area contributed by atoms with Gasteiger partial charge in [-0.3, -0.25) is 14.9 Å². The van der Waals surface area contributed by atoms with E-state index in [0.717, 1.165) is 41.9 Å². The molecular weight excluding hydrogens is 506 g/mol. The van der Waals surface area contributed by atoms with Crippen LogP contribution in [-0.2, 0) is 14.8 Å². The van der Waals surface area contributed by atoms with Crippen LogP contribution in [0.25, 0.3) is 0 Å². The molecule has 0 spiro atoms. The fraction of sp³-hybridized carbons (Fsp3) is 0.304. The van der Waals surface area contributed by atoms with E-state index >= 15 is 0 Å². The van der Waals surface area contributed by atoms with Crippen molar-refractivity contribution in [1.82, 2.24) is 14.5 Å². The van der Waals surface area contributed by atoms with Crippen LogP contribution in [0.2, 0.25) is 0 Å². The number of benzene rings is 2. The van der Waals surface area contributed by atoms with E-state index in [1.807, 2.05) is 31.2 Å². The van der Waals surface area contributed by atoms with Gasteiger partial charge in [0.25, 0.3) is 5.91 Å². The number of aromatic nitrogens is 2. The third-order valence-corrected chi connectivity index (χ3v) is 9.24. The molecule has 35 heavy (non-hydrogen) atoms. The standard InChI is InChI=1S/C23H25N5O4S3/c1-16-5-9-18(10-6-16)24-20(29)15-33-23-27-26-22(34-23)25-21(30)17-7-11-19(12-8-17)35(31,32)28-13-3-2-4-14-28/h5-12H,2-4,13-15H2,1H3,(H,24,29)(H,25,26,30). The number of thioether (sulfide) groups is 1. The Morgan fingerprint density at radius 2 is 1.66 bits per heavy atom. The topological polar surface area (TPSA) is 121 Å². The average Bonchev–Trinajstić information content (AvgIpc) is 3.32. The molecule has 0 unspecified atom stereocenters. The van der Waals surface area contributed by atoms with E-state index in [-0.39, 0.29) is 16.6 Å². The first-order chi connectivity index (χ1) is 16.8. The van der Waals surface area contributed by atoms with Gasteiger partial charge in [-0.25, -0.2) is 8.42 Å². The van der Waals surface area contributed by atoms with Gasteiger partial charge in [-0.15, -0.1) is 10.2 Å². The van der Waals surface area contributed by atoms with Crippen LogP contribution in [0.1, 0.15) is 35.2 Å². The number of amides is 2. The average molecular weight is 532 g/mol. The molecule has 3 aromatic rings. The molecule has 2 N–H and O–H groups in total. The summed E-state index contributed by atoms with van der Waals surface area (Å²) in [6, 6.07) is 13.4. The normalized spacial score (nSPS) is 14.4. The number of nitrogens with one attached hydrogen (secondary N) is 2. The first kappa shape index (κ1) is 25.3. The van der Waals surface area contributed by atoms with E-state index in [0.29, 0.717) is 28.1 Å². The minimum Gasteiger partial charge on any atom is -0.325 e. The number of rotatable bonds is 8. The van der Waals surface area contributed by atoms with Gasteiger partial charge in [0.1, 0.15) is 0 Å². The fourth-order valence-corrected chi connectivity index (χ4v) is 6.55. The van der Waals surface area contributed by atoms with Crippen molar-refractivity contribution in [1.29, 1.82) is 0 Å². The van der Waals surface area contributed by atoms with Crippen molar-refractivity contribution in [3.8, 4) is 0 Å². The third-order valence-electron chi connectivity index (χ3n) is 5.36. The number of hydrogen-bond donors (Lipinski definition) is 2. The maximum atomic E-state index is 12.8. The summed E-state index contributed by atoms with van der Waals surface area (Å²) in [5.74, 6) is -0.431. The van der Waals surface area contributed by atoms with Crippen molar-refractivity contribution in [2.24, 2.45) is 0 Å². The summed E-state index contributed by atoms with van der Waals surface area (Å²) in [6.07, 6.45) is 2.76. The van der Waals surface area contributed by atoms with Crippen LogP contribution < -0.4 is 10.6 Å². The van der Waals surface area contributed by atoms with Crippen molar-refractivity contribution >= 4 is 55.8 Å². The lowest BCUT2D eigenvalue weighted by Gasteiger charge is -2.25. The van der Waals surface area contributed by atoms with Gasteiger partial charge in [0.15, 0.2) is 4.34 Å².